The van der Waals surface area contributed by atoms with Gasteiger partial charge in [-0.1, -0.05) is 44.2 Å². The molecule has 2 aromatic carbocycles. The van der Waals surface area contributed by atoms with Gasteiger partial charge >= 0.3 is 0 Å². The number of benzene rings is 2. The van der Waals surface area contributed by atoms with Crippen LogP contribution in [0.15, 0.2) is 85.3 Å². The number of pyridine rings is 1. The van der Waals surface area contributed by atoms with Crippen LogP contribution in [0.4, 0.5) is 0 Å². The van der Waals surface area contributed by atoms with Gasteiger partial charge in [-0.15, -0.1) is 0 Å². The van der Waals surface area contributed by atoms with Gasteiger partial charge in [0.15, 0.2) is 0 Å². The molecule has 0 saturated heterocycles. The Morgan fingerprint density at radius 1 is 1.03 bits per heavy atom. The number of nitrogens with zero attached hydrogens (tertiary/aromatic N) is 3. The van der Waals surface area contributed by atoms with Crippen molar-refractivity contribution in [1.29, 1.82) is 0 Å². The zero-order valence-electron chi connectivity index (χ0n) is 18.9. The summed E-state index contributed by atoms with van der Waals surface area (Å²) in [5, 5.41) is 7.71. The highest BCUT2D eigenvalue weighted by molar-refractivity contribution is 5.99. The normalized spacial score (nSPS) is 10.9. The van der Waals surface area contributed by atoms with Crippen molar-refractivity contribution >= 4 is 5.91 Å². The Bertz CT molecular complexity index is 1170. The first-order valence-corrected chi connectivity index (χ1v) is 11.2. The molecule has 0 aliphatic rings. The van der Waals surface area contributed by atoms with E-state index in [1.807, 2.05) is 66.7 Å². The van der Waals surface area contributed by atoms with Crippen molar-refractivity contribution in [2.24, 2.45) is 5.92 Å². The number of amides is 1. The van der Waals surface area contributed by atoms with Gasteiger partial charge in [0.05, 0.1) is 17.9 Å². The van der Waals surface area contributed by atoms with E-state index in [4.69, 9.17) is 4.74 Å². The molecule has 0 saturated carbocycles. The molecule has 0 bridgehead atoms. The maximum atomic E-state index is 13.1. The molecule has 0 spiro atoms. The van der Waals surface area contributed by atoms with Gasteiger partial charge in [-0.3, -0.25) is 9.78 Å². The highest BCUT2D eigenvalue weighted by atomic mass is 16.5. The number of rotatable bonds is 9. The maximum absolute atomic E-state index is 13.1. The van der Waals surface area contributed by atoms with Crippen molar-refractivity contribution in [1.82, 2.24) is 20.1 Å². The number of carbonyl (C=O) groups excluding carboxylic acids is 1. The summed E-state index contributed by atoms with van der Waals surface area (Å²) in [6.07, 6.45) is 5.92. The van der Waals surface area contributed by atoms with Crippen molar-refractivity contribution in [3.05, 3.63) is 96.4 Å². The van der Waals surface area contributed by atoms with E-state index in [-0.39, 0.29) is 5.91 Å². The van der Waals surface area contributed by atoms with Crippen molar-refractivity contribution < 1.29 is 9.53 Å². The van der Waals surface area contributed by atoms with E-state index in [9.17, 15) is 4.79 Å². The second kappa shape index (κ2) is 10.6. The minimum absolute atomic E-state index is 0.159. The Labute approximate surface area is 194 Å². The predicted octanol–water partition coefficient (Wildman–Crippen LogP) is 4.94. The van der Waals surface area contributed by atoms with Gasteiger partial charge in [0.25, 0.3) is 5.91 Å². The summed E-state index contributed by atoms with van der Waals surface area (Å²) in [5.74, 6) is 1.20. The Hall–Kier alpha value is -3.93. The summed E-state index contributed by atoms with van der Waals surface area (Å²) in [4.78, 5) is 17.3. The van der Waals surface area contributed by atoms with E-state index in [0.717, 1.165) is 29.0 Å². The van der Waals surface area contributed by atoms with E-state index in [1.165, 1.54) is 0 Å². The minimum Gasteiger partial charge on any atom is -0.493 e. The van der Waals surface area contributed by atoms with Gasteiger partial charge in [0, 0.05) is 30.7 Å². The second-order valence-electron chi connectivity index (χ2n) is 8.27. The number of hydrogen-bond donors (Lipinski definition) is 1. The third kappa shape index (κ3) is 5.86. The van der Waals surface area contributed by atoms with Gasteiger partial charge in [0.2, 0.25) is 0 Å². The monoisotopic (exact) mass is 440 g/mol. The van der Waals surface area contributed by atoms with Crippen molar-refractivity contribution in [3.63, 3.8) is 0 Å². The lowest BCUT2D eigenvalue weighted by atomic mass is 10.1. The molecule has 0 unspecified atom stereocenters. The predicted molar refractivity (Wildman–Crippen MR) is 130 cm³/mol. The Morgan fingerprint density at radius 3 is 2.52 bits per heavy atom. The van der Waals surface area contributed by atoms with Crippen LogP contribution in [0.25, 0.3) is 16.9 Å². The average Bonchev–Trinajstić information content (AvgIpc) is 3.30. The fraction of sp³-hybridized carbons (Fsp3) is 0.222. The average molecular weight is 441 g/mol. The fourth-order valence-corrected chi connectivity index (χ4v) is 3.40. The van der Waals surface area contributed by atoms with Crippen LogP contribution in [0.5, 0.6) is 5.75 Å². The van der Waals surface area contributed by atoms with Crippen LogP contribution < -0.4 is 10.1 Å². The van der Waals surface area contributed by atoms with Gasteiger partial charge in [-0.05, 0) is 54.3 Å². The summed E-state index contributed by atoms with van der Waals surface area (Å²) in [5.41, 5.74) is 3.95. The smallest absolute Gasteiger partial charge is 0.255 e. The lowest BCUT2D eigenvalue weighted by molar-refractivity contribution is 0.0954. The van der Waals surface area contributed by atoms with E-state index < -0.39 is 0 Å². The summed E-state index contributed by atoms with van der Waals surface area (Å²) >= 11 is 0. The molecule has 0 fully saturated rings. The van der Waals surface area contributed by atoms with Gasteiger partial charge < -0.3 is 10.1 Å². The maximum Gasteiger partial charge on any atom is 0.255 e. The molecular weight excluding hydrogens is 412 g/mol. The molecule has 6 heteroatoms. The Balaban J connectivity index is 1.45. The molecule has 2 heterocycles. The van der Waals surface area contributed by atoms with E-state index in [2.05, 4.69) is 29.2 Å². The number of aromatic nitrogens is 3. The van der Waals surface area contributed by atoms with Crippen molar-refractivity contribution in [3.8, 4) is 22.7 Å². The molecule has 33 heavy (non-hydrogen) atoms. The summed E-state index contributed by atoms with van der Waals surface area (Å²) in [7, 11) is 0. The van der Waals surface area contributed by atoms with Crippen LogP contribution in [0, 0.1) is 5.92 Å². The lowest BCUT2D eigenvalue weighted by Gasteiger charge is -2.09. The first-order valence-electron chi connectivity index (χ1n) is 11.2. The molecular formula is C27H28N4O2. The Kier molecular flexibility index (Phi) is 7.15. The van der Waals surface area contributed by atoms with Crippen LogP contribution in [0.1, 0.15) is 29.8 Å². The number of para-hydroxylation sites is 1. The zero-order valence-corrected chi connectivity index (χ0v) is 18.9. The van der Waals surface area contributed by atoms with Crippen LogP contribution in [-0.2, 0) is 6.42 Å². The third-order valence-corrected chi connectivity index (χ3v) is 5.12. The molecule has 1 N–H and O–H groups in total. The van der Waals surface area contributed by atoms with Gasteiger partial charge in [0.1, 0.15) is 11.4 Å². The van der Waals surface area contributed by atoms with Crippen LogP contribution in [0.3, 0.4) is 0 Å². The first kappa shape index (κ1) is 22.3. The number of nitrogens with one attached hydrogen (secondary N) is 1. The summed E-state index contributed by atoms with van der Waals surface area (Å²) in [6.45, 7) is 5.47. The summed E-state index contributed by atoms with van der Waals surface area (Å²) in [6, 6.07) is 21.5. The van der Waals surface area contributed by atoms with Crippen molar-refractivity contribution in [2.45, 2.75) is 20.3 Å². The van der Waals surface area contributed by atoms with Crippen molar-refractivity contribution in [2.75, 3.05) is 13.2 Å². The van der Waals surface area contributed by atoms with E-state index in [0.29, 0.717) is 30.3 Å². The lowest BCUT2D eigenvalue weighted by Crippen LogP contribution is -2.25. The molecule has 0 atom stereocenters. The number of ether oxygens (including phenoxy) is 1. The topological polar surface area (TPSA) is 69.0 Å². The quantitative estimate of drug-likeness (QED) is 0.400. The molecule has 4 rings (SSSR count). The Morgan fingerprint density at radius 2 is 1.82 bits per heavy atom. The summed E-state index contributed by atoms with van der Waals surface area (Å²) < 4.78 is 7.46. The van der Waals surface area contributed by atoms with Crippen LogP contribution in [-0.4, -0.2) is 33.8 Å². The molecule has 1 amide bonds. The van der Waals surface area contributed by atoms with E-state index in [1.54, 1.807) is 23.3 Å². The third-order valence-electron chi connectivity index (χ3n) is 5.12. The number of carbonyl (C=O) groups is 1. The highest BCUT2D eigenvalue weighted by Crippen LogP contribution is 2.23. The second-order valence-corrected chi connectivity index (χ2v) is 8.27. The highest BCUT2D eigenvalue weighted by Gasteiger charge is 2.18. The largest absolute Gasteiger partial charge is 0.493 e. The number of hydrogen-bond acceptors (Lipinski definition) is 4. The minimum atomic E-state index is -0.159. The standard InChI is InChI=1S/C27H28N4O2/c1-20(2)19-33-24-12-10-21(11-13-24)14-16-29-27(32)25-18-31(23-8-4-3-5-9-23)30-26(25)22-7-6-15-28-17-22/h3-13,15,17-18,20H,14,16,19H2,1-2H3,(H,29,32). The molecule has 0 radical (unpaired) electrons. The molecule has 4 aromatic rings. The molecule has 168 valence electrons. The van der Waals surface area contributed by atoms with E-state index >= 15 is 0 Å². The molecule has 2 aromatic heterocycles. The van der Waals surface area contributed by atoms with Crippen LogP contribution in [0.2, 0.25) is 0 Å². The zero-order chi connectivity index (χ0) is 23.0. The van der Waals surface area contributed by atoms with Gasteiger partial charge in [-0.25, -0.2) is 4.68 Å². The molecule has 0 aliphatic heterocycles. The first-order chi connectivity index (χ1) is 16.1. The molecule has 6 nitrogen and oxygen atoms in total. The van der Waals surface area contributed by atoms with Crippen LogP contribution >= 0.6 is 0 Å². The SMILES string of the molecule is CC(C)COc1ccc(CCNC(=O)c2cn(-c3ccccc3)nc2-c2cccnc2)cc1. The fourth-order valence-electron chi connectivity index (χ4n) is 3.40. The van der Waals surface area contributed by atoms with Gasteiger partial charge in [-0.2, -0.15) is 5.10 Å². The molecule has 0 aliphatic carbocycles.